The van der Waals surface area contributed by atoms with Crippen LogP contribution in [0.3, 0.4) is 0 Å². The lowest BCUT2D eigenvalue weighted by Gasteiger charge is -2.41. The highest BCUT2D eigenvalue weighted by molar-refractivity contribution is 5.76. The van der Waals surface area contributed by atoms with Gasteiger partial charge in [-0.3, -0.25) is 14.9 Å². The minimum absolute atomic E-state index is 0.106. The summed E-state index contributed by atoms with van der Waals surface area (Å²) in [5.41, 5.74) is -0.526. The first kappa shape index (κ1) is 21.6. The highest BCUT2D eigenvalue weighted by Crippen LogP contribution is 2.32. The van der Waals surface area contributed by atoms with E-state index in [1.807, 2.05) is 19.9 Å². The summed E-state index contributed by atoms with van der Waals surface area (Å²) in [6, 6.07) is -0.730. The zero-order valence-corrected chi connectivity index (χ0v) is 16.4. The van der Waals surface area contributed by atoms with Crippen LogP contribution in [0.25, 0.3) is 0 Å². The largest absolute Gasteiger partial charge is 0.465 e. The van der Waals surface area contributed by atoms with Crippen LogP contribution < -0.4 is 10.6 Å². The lowest BCUT2D eigenvalue weighted by Crippen LogP contribution is -2.62. The zero-order chi connectivity index (χ0) is 19.0. The molecule has 0 aliphatic carbocycles. The van der Waals surface area contributed by atoms with Crippen LogP contribution in [0.5, 0.6) is 0 Å². The number of rotatable bonds is 9. The number of amides is 1. The molecular weight excluding hydrogens is 320 g/mol. The highest BCUT2D eigenvalue weighted by Gasteiger charge is 2.47. The van der Waals surface area contributed by atoms with Gasteiger partial charge in [0.15, 0.2) is 0 Å². The third-order valence-corrected chi connectivity index (χ3v) is 4.96. The van der Waals surface area contributed by atoms with Crippen LogP contribution >= 0.6 is 0 Å². The van der Waals surface area contributed by atoms with E-state index in [0.29, 0.717) is 13.0 Å². The molecule has 0 radical (unpaired) electrons. The molecule has 2 N–H and O–H groups in total. The lowest BCUT2D eigenvalue weighted by molar-refractivity contribution is -0.145. The fourth-order valence-electron chi connectivity index (χ4n) is 3.76. The molecule has 6 nitrogen and oxygen atoms in total. The van der Waals surface area contributed by atoms with Gasteiger partial charge in [-0.2, -0.15) is 0 Å². The minimum atomic E-state index is -0.526. The summed E-state index contributed by atoms with van der Waals surface area (Å²) in [6.07, 6.45) is 6.47. The number of methoxy groups -OCH3 is 1. The van der Waals surface area contributed by atoms with Gasteiger partial charge in [0.2, 0.25) is 5.91 Å². The molecule has 25 heavy (non-hydrogen) atoms. The van der Waals surface area contributed by atoms with E-state index in [0.717, 1.165) is 12.8 Å². The molecule has 0 unspecified atom stereocenters. The molecule has 0 saturated carbocycles. The van der Waals surface area contributed by atoms with Gasteiger partial charge >= 0.3 is 5.97 Å². The third kappa shape index (κ3) is 5.54. The Morgan fingerprint density at radius 2 is 2.08 bits per heavy atom. The van der Waals surface area contributed by atoms with Crippen LogP contribution in [0.2, 0.25) is 0 Å². The molecular formula is C19H34N2O4. The Balaban J connectivity index is 3.15. The fourth-order valence-corrected chi connectivity index (χ4v) is 3.76. The average Bonchev–Trinajstić information content (AvgIpc) is 2.97. The number of hydrogen-bond acceptors (Lipinski definition) is 5. The molecule has 1 heterocycles. The van der Waals surface area contributed by atoms with Gasteiger partial charge in [-0.25, -0.2) is 0 Å². The van der Waals surface area contributed by atoms with Gasteiger partial charge in [-0.1, -0.05) is 25.5 Å². The lowest BCUT2D eigenvalue weighted by atomic mass is 9.81. The van der Waals surface area contributed by atoms with Crippen molar-refractivity contribution in [2.45, 2.75) is 77.6 Å². The van der Waals surface area contributed by atoms with Crippen LogP contribution in [0, 0.1) is 5.92 Å². The summed E-state index contributed by atoms with van der Waals surface area (Å²) in [5, 5.41) is 6.46. The van der Waals surface area contributed by atoms with E-state index in [1.165, 1.54) is 6.92 Å². The maximum absolute atomic E-state index is 12.2. The number of carbonyl (C=O) groups excluding carboxylic acids is 2. The van der Waals surface area contributed by atoms with Crippen LogP contribution in [0.1, 0.15) is 53.9 Å². The summed E-state index contributed by atoms with van der Waals surface area (Å²) in [7, 11) is 1.67. The molecule has 0 aromatic rings. The summed E-state index contributed by atoms with van der Waals surface area (Å²) in [4.78, 5) is 24.1. The molecule has 0 aromatic heterocycles. The molecule has 1 aliphatic rings. The van der Waals surface area contributed by atoms with Gasteiger partial charge in [-0.15, -0.1) is 0 Å². The molecule has 1 saturated heterocycles. The second-order valence-corrected chi connectivity index (χ2v) is 6.87. The normalized spacial score (nSPS) is 27.0. The second kappa shape index (κ2) is 9.92. The molecule has 1 amide bonds. The summed E-state index contributed by atoms with van der Waals surface area (Å²) in [6.45, 7) is 9.74. The highest BCUT2D eigenvalue weighted by atomic mass is 16.5. The van der Waals surface area contributed by atoms with Gasteiger partial charge in [-0.05, 0) is 39.5 Å². The van der Waals surface area contributed by atoms with Crippen LogP contribution in [-0.2, 0) is 19.1 Å². The van der Waals surface area contributed by atoms with Crippen LogP contribution in [0.15, 0.2) is 12.2 Å². The van der Waals surface area contributed by atoms with Gasteiger partial charge in [0.05, 0.1) is 18.2 Å². The van der Waals surface area contributed by atoms with Crippen molar-refractivity contribution < 1.29 is 19.1 Å². The van der Waals surface area contributed by atoms with Gasteiger partial charge in [0.25, 0.3) is 0 Å². The van der Waals surface area contributed by atoms with E-state index < -0.39 is 5.60 Å². The van der Waals surface area contributed by atoms with Crippen molar-refractivity contribution in [2.75, 3.05) is 13.7 Å². The van der Waals surface area contributed by atoms with E-state index >= 15 is 0 Å². The number of carbonyl (C=O) groups is 2. The first-order valence-corrected chi connectivity index (χ1v) is 9.20. The topological polar surface area (TPSA) is 76.7 Å². The number of nitrogens with one attached hydrogen (secondary N) is 2. The SMILES string of the molecule is C/C=C\[C@@H]1C[C@H](C(=O)OCC)N[C@H]1[C@@H](NC(C)=O)[C@](C)(CCC)OC. The molecule has 1 fully saturated rings. The number of allylic oxidation sites excluding steroid dienone is 1. The molecule has 144 valence electrons. The smallest absolute Gasteiger partial charge is 0.323 e. The van der Waals surface area contributed by atoms with Crippen molar-refractivity contribution >= 4 is 11.9 Å². The van der Waals surface area contributed by atoms with Crippen molar-refractivity contribution in [3.05, 3.63) is 12.2 Å². The third-order valence-electron chi connectivity index (χ3n) is 4.96. The number of ether oxygens (including phenoxy) is 2. The zero-order valence-electron chi connectivity index (χ0n) is 16.4. The van der Waals surface area contributed by atoms with Crippen molar-refractivity contribution in [2.24, 2.45) is 5.92 Å². The molecule has 1 aliphatic heterocycles. The quantitative estimate of drug-likeness (QED) is 0.490. The van der Waals surface area contributed by atoms with Crippen molar-refractivity contribution in [3.63, 3.8) is 0 Å². The van der Waals surface area contributed by atoms with Crippen LogP contribution in [0.4, 0.5) is 0 Å². The molecule has 6 heteroatoms. The summed E-state index contributed by atoms with van der Waals surface area (Å²) < 4.78 is 11.0. The standard InChI is InChI=1S/C19H34N2O4/c1-7-10-14-12-15(18(23)25-9-3)21-16(14)17(20-13(4)22)19(5,24-6)11-8-2/h7,10,14-17,21H,8-9,11-12H2,1-6H3,(H,20,22)/b10-7-/t14-,15-,16-,17-,19+/m1/s1. The Kier molecular flexibility index (Phi) is 8.59. The number of esters is 1. The molecule has 0 spiro atoms. The predicted molar refractivity (Wildman–Crippen MR) is 98.2 cm³/mol. The maximum Gasteiger partial charge on any atom is 0.323 e. The maximum atomic E-state index is 12.2. The Morgan fingerprint density at radius 1 is 1.40 bits per heavy atom. The Bertz CT molecular complexity index is 480. The first-order valence-electron chi connectivity index (χ1n) is 9.20. The van der Waals surface area contributed by atoms with E-state index in [4.69, 9.17) is 9.47 Å². The van der Waals surface area contributed by atoms with Crippen molar-refractivity contribution in [1.29, 1.82) is 0 Å². The van der Waals surface area contributed by atoms with Crippen LogP contribution in [-0.4, -0.2) is 49.3 Å². The van der Waals surface area contributed by atoms with E-state index in [9.17, 15) is 9.59 Å². The average molecular weight is 354 g/mol. The van der Waals surface area contributed by atoms with Gasteiger partial charge in [0.1, 0.15) is 6.04 Å². The predicted octanol–water partition coefficient (Wildman–Crippen LogP) is 2.18. The number of hydrogen-bond donors (Lipinski definition) is 2. The van der Waals surface area contributed by atoms with Crippen molar-refractivity contribution in [1.82, 2.24) is 10.6 Å². The molecule has 0 bridgehead atoms. The molecule has 0 aromatic carbocycles. The Labute approximate surface area is 151 Å². The van der Waals surface area contributed by atoms with Gasteiger partial charge < -0.3 is 14.8 Å². The Morgan fingerprint density at radius 3 is 2.56 bits per heavy atom. The van der Waals surface area contributed by atoms with E-state index in [1.54, 1.807) is 14.0 Å². The van der Waals surface area contributed by atoms with E-state index in [-0.39, 0.29) is 35.9 Å². The first-order chi connectivity index (χ1) is 11.8. The molecule has 1 rings (SSSR count). The monoisotopic (exact) mass is 354 g/mol. The van der Waals surface area contributed by atoms with Crippen molar-refractivity contribution in [3.8, 4) is 0 Å². The summed E-state index contributed by atoms with van der Waals surface area (Å²) >= 11 is 0. The minimum Gasteiger partial charge on any atom is -0.465 e. The molecule has 5 atom stereocenters. The summed E-state index contributed by atoms with van der Waals surface area (Å²) in [5.74, 6) is -0.233. The fraction of sp³-hybridized carbons (Fsp3) is 0.789. The van der Waals surface area contributed by atoms with E-state index in [2.05, 4.69) is 23.6 Å². The second-order valence-electron chi connectivity index (χ2n) is 6.87. The Hall–Kier alpha value is -1.40. The van der Waals surface area contributed by atoms with Gasteiger partial charge in [0, 0.05) is 20.1 Å².